The first-order valence-electron chi connectivity index (χ1n) is 10.7. The third kappa shape index (κ3) is 7.08. The lowest BCUT2D eigenvalue weighted by molar-refractivity contribution is -0.247. The zero-order chi connectivity index (χ0) is 26.4. The van der Waals surface area contributed by atoms with Gasteiger partial charge in [-0.05, 0) is 11.4 Å². The van der Waals surface area contributed by atoms with Crippen molar-refractivity contribution >= 4 is 57.5 Å². The first-order valence-corrected chi connectivity index (χ1v) is 12.4. The molecule has 12 nitrogen and oxygen atoms in total. The number of carbonyl (C=O) groups excluding carboxylic acids is 5. The summed E-state index contributed by atoms with van der Waals surface area (Å²) in [6, 6.07) is 3.45. The van der Waals surface area contributed by atoms with E-state index in [0.717, 1.165) is 32.1 Å². The third-order valence-corrected chi connectivity index (χ3v) is 6.53. The number of nitrogens with zero attached hydrogens (tertiary/aromatic N) is 1. The van der Waals surface area contributed by atoms with Crippen LogP contribution in [0.2, 0.25) is 0 Å². The van der Waals surface area contributed by atoms with Crippen molar-refractivity contribution in [2.45, 2.75) is 58.3 Å². The molecule has 3 heterocycles. The van der Waals surface area contributed by atoms with Gasteiger partial charge in [0.25, 0.3) is 0 Å². The molecule has 1 saturated heterocycles. The lowest BCUT2D eigenvalue weighted by atomic mass is 9.97. The molecule has 1 aliphatic heterocycles. The molecule has 1 N–H and O–H groups in total. The maximum Gasteiger partial charge on any atom is 0.303 e. The van der Waals surface area contributed by atoms with Crippen LogP contribution in [0.15, 0.2) is 23.7 Å². The van der Waals surface area contributed by atoms with Crippen LogP contribution < -0.4 is 5.32 Å². The molecule has 0 radical (unpaired) electrons. The smallest absolute Gasteiger partial charge is 0.303 e. The molecule has 0 aromatic carbocycles. The highest BCUT2D eigenvalue weighted by Crippen LogP contribution is 2.31. The summed E-state index contributed by atoms with van der Waals surface area (Å²) in [5.41, 5.74) is 0. The number of esters is 4. The van der Waals surface area contributed by atoms with Gasteiger partial charge in [0.15, 0.2) is 29.7 Å². The molecular weight excluding hydrogens is 516 g/mol. The summed E-state index contributed by atoms with van der Waals surface area (Å²) in [6.45, 7) is 4.26. The van der Waals surface area contributed by atoms with Crippen LogP contribution in [0.25, 0.3) is 0 Å². The zero-order valence-electron chi connectivity index (χ0n) is 19.7. The minimum absolute atomic E-state index is 0.211. The van der Waals surface area contributed by atoms with Crippen molar-refractivity contribution in [2.24, 2.45) is 0 Å². The molecule has 194 valence electrons. The quantitative estimate of drug-likeness (QED) is 0.280. The first kappa shape index (κ1) is 27.2. The van der Waals surface area contributed by atoms with E-state index in [4.69, 9.17) is 23.7 Å². The van der Waals surface area contributed by atoms with Gasteiger partial charge in [0.2, 0.25) is 5.78 Å². The second-order valence-corrected chi connectivity index (χ2v) is 9.58. The molecule has 14 heteroatoms. The summed E-state index contributed by atoms with van der Waals surface area (Å²) in [4.78, 5) is 64.8. The van der Waals surface area contributed by atoms with Crippen LogP contribution in [0.3, 0.4) is 0 Å². The van der Waals surface area contributed by atoms with Crippen LogP contribution in [0, 0.1) is 0 Å². The van der Waals surface area contributed by atoms with Crippen molar-refractivity contribution in [2.75, 3.05) is 11.9 Å². The highest BCUT2D eigenvalue weighted by molar-refractivity contribution is 7.19. The van der Waals surface area contributed by atoms with Crippen molar-refractivity contribution in [3.8, 4) is 0 Å². The van der Waals surface area contributed by atoms with E-state index in [9.17, 15) is 24.0 Å². The van der Waals surface area contributed by atoms with Gasteiger partial charge in [-0.25, -0.2) is 4.98 Å². The zero-order valence-corrected chi connectivity index (χ0v) is 21.4. The molecule has 0 bridgehead atoms. The second-order valence-electron chi connectivity index (χ2n) is 7.60. The van der Waals surface area contributed by atoms with Crippen LogP contribution in [0.4, 0.5) is 5.13 Å². The van der Waals surface area contributed by atoms with E-state index in [1.807, 2.05) is 0 Å². The van der Waals surface area contributed by atoms with Crippen molar-refractivity contribution < 1.29 is 47.7 Å². The maximum absolute atomic E-state index is 12.6. The van der Waals surface area contributed by atoms with Crippen molar-refractivity contribution in [3.05, 3.63) is 33.5 Å². The van der Waals surface area contributed by atoms with E-state index >= 15 is 0 Å². The van der Waals surface area contributed by atoms with Gasteiger partial charge >= 0.3 is 23.9 Å². The Morgan fingerprint density at radius 1 is 0.917 bits per heavy atom. The molecule has 1 fully saturated rings. The van der Waals surface area contributed by atoms with Crippen LogP contribution >= 0.6 is 22.7 Å². The van der Waals surface area contributed by atoms with Gasteiger partial charge in [0.05, 0.1) is 16.0 Å². The van der Waals surface area contributed by atoms with Crippen molar-refractivity contribution in [3.63, 3.8) is 0 Å². The molecule has 36 heavy (non-hydrogen) atoms. The number of thiophene rings is 1. The van der Waals surface area contributed by atoms with E-state index in [-0.39, 0.29) is 17.5 Å². The number of ether oxygens (including phenoxy) is 5. The molecule has 0 saturated carbocycles. The van der Waals surface area contributed by atoms with Crippen LogP contribution in [-0.2, 0) is 42.9 Å². The molecule has 5 atom stereocenters. The van der Waals surface area contributed by atoms with Gasteiger partial charge in [-0.1, -0.05) is 17.4 Å². The Kier molecular flexibility index (Phi) is 9.12. The topological polar surface area (TPSA) is 156 Å². The van der Waals surface area contributed by atoms with E-state index < -0.39 is 54.5 Å². The Hall–Kier alpha value is -3.36. The summed E-state index contributed by atoms with van der Waals surface area (Å²) in [5, 5.41) is 4.97. The van der Waals surface area contributed by atoms with E-state index in [0.29, 0.717) is 9.75 Å². The first-order chi connectivity index (χ1) is 17.0. The molecule has 2 unspecified atom stereocenters. The number of aromatic nitrogens is 1. The van der Waals surface area contributed by atoms with E-state index in [1.54, 1.807) is 17.5 Å². The molecule has 0 aliphatic carbocycles. The standard InChI is InChI=1S/C22H24N2O10S2/c1-10(25)30-9-14-18(31-11(2)26)19(32-12(3)27)20(33-13(4)28)21(34-14)24-22-23-8-16(36-22)17(29)15-6-5-7-35-15/h5-8,14,18-21H,9H2,1-4H3,(H,23,24)/t14?,18-,19?,20-,21+/m1/s1. The largest absolute Gasteiger partial charge is 0.463 e. The monoisotopic (exact) mass is 540 g/mol. The minimum atomic E-state index is -1.31. The van der Waals surface area contributed by atoms with Crippen molar-refractivity contribution in [1.82, 2.24) is 4.98 Å². The molecular formula is C22H24N2O10S2. The second kappa shape index (κ2) is 12.1. The average molecular weight is 541 g/mol. The number of nitrogens with one attached hydrogen (secondary N) is 1. The third-order valence-electron chi connectivity index (χ3n) is 4.73. The van der Waals surface area contributed by atoms with E-state index in [1.165, 1.54) is 24.5 Å². The number of rotatable bonds is 9. The van der Waals surface area contributed by atoms with Gasteiger partial charge in [-0.3, -0.25) is 24.0 Å². The number of carbonyl (C=O) groups is 5. The molecule has 2 aromatic rings. The van der Waals surface area contributed by atoms with Crippen LogP contribution in [-0.4, -0.2) is 71.9 Å². The Morgan fingerprint density at radius 2 is 1.56 bits per heavy atom. The van der Waals surface area contributed by atoms with Crippen LogP contribution in [0.1, 0.15) is 42.2 Å². The fourth-order valence-electron chi connectivity index (χ4n) is 3.44. The fourth-order valence-corrected chi connectivity index (χ4v) is 4.98. The summed E-state index contributed by atoms with van der Waals surface area (Å²) in [5.74, 6) is -3.01. The van der Waals surface area contributed by atoms with Crippen molar-refractivity contribution in [1.29, 1.82) is 0 Å². The van der Waals surface area contributed by atoms with E-state index in [2.05, 4.69) is 10.3 Å². The summed E-state index contributed by atoms with van der Waals surface area (Å²) >= 11 is 2.33. The molecule has 3 rings (SSSR count). The van der Waals surface area contributed by atoms with Gasteiger partial charge in [0, 0.05) is 27.7 Å². The lowest BCUT2D eigenvalue weighted by Gasteiger charge is -2.44. The predicted molar refractivity (Wildman–Crippen MR) is 125 cm³/mol. The molecule has 2 aromatic heterocycles. The lowest BCUT2D eigenvalue weighted by Crippen LogP contribution is -2.64. The SMILES string of the molecule is CC(=O)OCC1O[C@H](Nc2ncc(C(=O)c3cccs3)s2)[C@H](OC(C)=O)C(OC(C)=O)[C@@H]1OC(C)=O. The number of anilines is 1. The Bertz CT molecular complexity index is 1120. The van der Waals surface area contributed by atoms with Gasteiger partial charge in [-0.15, -0.1) is 11.3 Å². The van der Waals surface area contributed by atoms with Gasteiger partial charge < -0.3 is 29.0 Å². The summed E-state index contributed by atoms with van der Waals surface area (Å²) in [7, 11) is 0. The Morgan fingerprint density at radius 3 is 2.14 bits per heavy atom. The molecule has 0 spiro atoms. The highest BCUT2D eigenvalue weighted by atomic mass is 32.1. The fraction of sp³-hybridized carbons (Fsp3) is 0.455. The number of thiazole rings is 1. The maximum atomic E-state index is 12.6. The molecule has 1 aliphatic rings. The summed E-state index contributed by atoms with van der Waals surface area (Å²) < 4.78 is 27.1. The molecule has 0 amide bonds. The summed E-state index contributed by atoms with van der Waals surface area (Å²) in [6.07, 6.45) is -4.75. The number of hydrogen-bond acceptors (Lipinski definition) is 14. The Balaban J connectivity index is 1.92. The number of ketones is 1. The number of hydrogen-bond donors (Lipinski definition) is 1. The Labute approximate surface area is 213 Å². The van der Waals surface area contributed by atoms with Gasteiger partial charge in [-0.2, -0.15) is 0 Å². The highest BCUT2D eigenvalue weighted by Gasteiger charge is 2.52. The minimum Gasteiger partial charge on any atom is -0.463 e. The van der Waals surface area contributed by atoms with Gasteiger partial charge in [0.1, 0.15) is 12.7 Å². The normalized spacial score (nSPS) is 23.3. The average Bonchev–Trinajstić information content (AvgIpc) is 3.47. The predicted octanol–water partition coefficient (Wildman–Crippen LogP) is 1.93. The van der Waals surface area contributed by atoms with Crippen LogP contribution in [0.5, 0.6) is 0 Å².